The van der Waals surface area contributed by atoms with Gasteiger partial charge < -0.3 is 14.2 Å². The van der Waals surface area contributed by atoms with Crippen LogP contribution in [-0.4, -0.2) is 48.1 Å². The summed E-state index contributed by atoms with van der Waals surface area (Å²) in [7, 11) is 1.54. The van der Waals surface area contributed by atoms with Gasteiger partial charge in [-0.1, -0.05) is 30.2 Å². The lowest BCUT2D eigenvalue weighted by atomic mass is 10.1. The highest BCUT2D eigenvalue weighted by atomic mass is 19.4. The quantitative estimate of drug-likeness (QED) is 0.260. The molecule has 1 aliphatic carbocycles. The third kappa shape index (κ3) is 5.59. The van der Waals surface area contributed by atoms with Gasteiger partial charge in [0.1, 0.15) is 24.0 Å². The number of anilines is 1. The first-order chi connectivity index (χ1) is 19.2. The predicted octanol–water partition coefficient (Wildman–Crippen LogP) is 5.32. The van der Waals surface area contributed by atoms with Crippen molar-refractivity contribution in [1.82, 2.24) is 34.5 Å². The van der Waals surface area contributed by atoms with E-state index in [1.165, 1.54) is 24.3 Å². The van der Waals surface area contributed by atoms with Crippen LogP contribution in [0.2, 0.25) is 0 Å². The van der Waals surface area contributed by atoms with Gasteiger partial charge >= 0.3 is 6.18 Å². The molecule has 0 amide bonds. The molecule has 0 spiro atoms. The Hall–Kier alpha value is -4.53. The Kier molecular flexibility index (Phi) is 7.38. The minimum Gasteiger partial charge on any atom is -0.480 e. The number of methoxy groups -OCH3 is 1. The van der Waals surface area contributed by atoms with Gasteiger partial charge in [0, 0.05) is 30.3 Å². The lowest BCUT2D eigenvalue weighted by molar-refractivity contribution is -0.140. The Labute approximate surface area is 229 Å². The van der Waals surface area contributed by atoms with Gasteiger partial charge in [0.15, 0.2) is 11.5 Å². The maximum atomic E-state index is 13.3. The smallest absolute Gasteiger partial charge is 0.434 e. The van der Waals surface area contributed by atoms with Crippen molar-refractivity contribution >= 4 is 5.95 Å². The Morgan fingerprint density at radius 1 is 1.07 bits per heavy atom. The van der Waals surface area contributed by atoms with Gasteiger partial charge in [-0.25, -0.2) is 24.9 Å². The second-order valence-corrected chi connectivity index (χ2v) is 9.73. The molecule has 40 heavy (non-hydrogen) atoms. The number of nitrogens with zero attached hydrogens (tertiary/aromatic N) is 8. The summed E-state index contributed by atoms with van der Waals surface area (Å²) >= 11 is 0. The van der Waals surface area contributed by atoms with Crippen molar-refractivity contribution in [2.75, 3.05) is 18.6 Å². The molecule has 1 saturated carbocycles. The molecule has 0 N–H and O–H groups in total. The molecule has 0 bridgehead atoms. The van der Waals surface area contributed by atoms with Gasteiger partial charge in [0.05, 0.1) is 19.3 Å². The van der Waals surface area contributed by atoms with Crippen molar-refractivity contribution in [2.45, 2.75) is 51.4 Å². The molecule has 0 saturated heterocycles. The molecule has 1 aliphatic rings. The zero-order chi connectivity index (χ0) is 28.4. The third-order valence-corrected chi connectivity index (χ3v) is 6.51. The zero-order valence-electron chi connectivity index (χ0n) is 22.2. The zero-order valence-corrected chi connectivity index (χ0v) is 22.2. The van der Waals surface area contributed by atoms with Crippen LogP contribution in [0.1, 0.15) is 55.6 Å². The average Bonchev–Trinajstić information content (AvgIpc) is 3.68. The van der Waals surface area contributed by atoms with Crippen LogP contribution in [0.4, 0.5) is 19.1 Å². The molecule has 1 aromatic carbocycles. The molecule has 1 fully saturated rings. The Balaban J connectivity index is 1.43. The summed E-state index contributed by atoms with van der Waals surface area (Å²) in [6, 6.07) is 6.95. The van der Waals surface area contributed by atoms with E-state index in [2.05, 4.69) is 35.8 Å². The van der Waals surface area contributed by atoms with Crippen molar-refractivity contribution in [1.29, 1.82) is 0 Å². The van der Waals surface area contributed by atoms with Gasteiger partial charge in [-0.2, -0.15) is 18.2 Å². The SMILES string of the molecule is C#CCN(Cc1ccc(-c2nc(C(F)(F)F)cn2C(C)C)cc1)c1ncnc(-c2c(OC)ncnc2C2CC2)n1. The maximum Gasteiger partial charge on any atom is 0.434 e. The van der Waals surface area contributed by atoms with Crippen molar-refractivity contribution in [2.24, 2.45) is 0 Å². The van der Waals surface area contributed by atoms with Crippen LogP contribution in [-0.2, 0) is 12.7 Å². The fraction of sp³-hybridized carbons (Fsp3) is 0.357. The summed E-state index contributed by atoms with van der Waals surface area (Å²) in [5.41, 5.74) is 1.99. The number of hydrogen-bond acceptors (Lipinski definition) is 8. The van der Waals surface area contributed by atoms with E-state index < -0.39 is 11.9 Å². The fourth-order valence-electron chi connectivity index (χ4n) is 4.40. The average molecular weight is 549 g/mol. The van der Waals surface area contributed by atoms with Crippen molar-refractivity contribution < 1.29 is 17.9 Å². The third-order valence-electron chi connectivity index (χ3n) is 6.51. The highest BCUT2D eigenvalue weighted by Gasteiger charge is 2.35. The molecule has 3 aromatic heterocycles. The number of ether oxygens (including phenoxy) is 1. The lowest BCUT2D eigenvalue weighted by Gasteiger charge is -2.21. The lowest BCUT2D eigenvalue weighted by Crippen LogP contribution is -2.25. The molecule has 4 aromatic rings. The van der Waals surface area contributed by atoms with E-state index in [1.807, 2.05) is 30.9 Å². The van der Waals surface area contributed by atoms with Gasteiger partial charge in [-0.05, 0) is 32.3 Å². The van der Waals surface area contributed by atoms with Crippen LogP contribution in [0.15, 0.2) is 43.1 Å². The maximum absolute atomic E-state index is 13.3. The number of alkyl halides is 3. The van der Waals surface area contributed by atoms with Crippen LogP contribution in [0.5, 0.6) is 5.88 Å². The molecular weight excluding hydrogens is 521 g/mol. The van der Waals surface area contributed by atoms with Gasteiger partial charge in [-0.15, -0.1) is 6.42 Å². The molecule has 0 radical (unpaired) electrons. The van der Waals surface area contributed by atoms with Crippen molar-refractivity contribution in [3.8, 4) is 41.0 Å². The van der Waals surface area contributed by atoms with E-state index in [0.29, 0.717) is 41.2 Å². The number of imidazole rings is 1. The predicted molar refractivity (Wildman–Crippen MR) is 142 cm³/mol. The summed E-state index contributed by atoms with van der Waals surface area (Å²) < 4.78 is 47.0. The molecular formula is C28H27F3N8O. The standard InChI is InChI=1S/C28H27F3N8O/c1-5-12-38(27-35-16-33-24(37-27)22-23(19-10-11-19)32-15-34-26(22)40-4)13-18-6-8-20(9-7-18)25-36-21(28(29,30)31)14-39(25)17(2)3/h1,6-9,14-17,19H,10-13H2,2-4H3. The summed E-state index contributed by atoms with van der Waals surface area (Å²) in [6.45, 7) is 4.20. The van der Waals surface area contributed by atoms with Crippen molar-refractivity contribution in [3.05, 3.63) is 60.1 Å². The summed E-state index contributed by atoms with van der Waals surface area (Å²) in [5.74, 6) is 4.35. The number of terminal acetylenes is 1. The molecule has 5 rings (SSSR count). The summed E-state index contributed by atoms with van der Waals surface area (Å²) in [5, 5.41) is 0. The minimum absolute atomic E-state index is 0.198. The molecule has 0 aliphatic heterocycles. The van der Waals surface area contributed by atoms with E-state index in [-0.39, 0.29) is 18.4 Å². The molecule has 12 heteroatoms. The molecule has 206 valence electrons. The first kappa shape index (κ1) is 27.1. The molecule has 3 heterocycles. The second kappa shape index (κ2) is 10.9. The van der Waals surface area contributed by atoms with E-state index in [9.17, 15) is 13.2 Å². The van der Waals surface area contributed by atoms with Crippen LogP contribution in [0.25, 0.3) is 22.8 Å². The largest absolute Gasteiger partial charge is 0.480 e. The fourth-order valence-corrected chi connectivity index (χ4v) is 4.40. The van der Waals surface area contributed by atoms with E-state index in [4.69, 9.17) is 11.2 Å². The van der Waals surface area contributed by atoms with Gasteiger partial charge in [0.2, 0.25) is 11.8 Å². The number of hydrogen-bond donors (Lipinski definition) is 0. The summed E-state index contributed by atoms with van der Waals surface area (Å²) in [6.07, 6.45) is 7.13. The van der Waals surface area contributed by atoms with Crippen LogP contribution < -0.4 is 9.64 Å². The Morgan fingerprint density at radius 3 is 2.42 bits per heavy atom. The molecule has 0 atom stereocenters. The highest BCUT2D eigenvalue weighted by molar-refractivity contribution is 5.66. The first-order valence-electron chi connectivity index (χ1n) is 12.7. The Bertz CT molecular complexity index is 1540. The van der Waals surface area contributed by atoms with E-state index >= 15 is 0 Å². The van der Waals surface area contributed by atoms with Gasteiger partial charge in [-0.3, -0.25) is 0 Å². The molecule has 0 unspecified atom stereocenters. The van der Waals surface area contributed by atoms with Crippen LogP contribution in [0, 0.1) is 12.3 Å². The minimum atomic E-state index is -4.52. The molecule has 9 nitrogen and oxygen atoms in total. The number of rotatable bonds is 9. The first-order valence-corrected chi connectivity index (χ1v) is 12.7. The number of aromatic nitrogens is 7. The van der Waals surface area contributed by atoms with Crippen LogP contribution >= 0.6 is 0 Å². The second-order valence-electron chi connectivity index (χ2n) is 9.73. The number of halogens is 3. The van der Waals surface area contributed by atoms with E-state index in [1.54, 1.807) is 12.1 Å². The van der Waals surface area contributed by atoms with Crippen molar-refractivity contribution in [3.63, 3.8) is 0 Å². The van der Waals surface area contributed by atoms with Gasteiger partial charge in [0.25, 0.3) is 0 Å². The highest BCUT2D eigenvalue weighted by Crippen LogP contribution is 2.44. The van der Waals surface area contributed by atoms with Crippen LogP contribution in [0.3, 0.4) is 0 Å². The summed E-state index contributed by atoms with van der Waals surface area (Å²) in [4.78, 5) is 27.8. The van der Waals surface area contributed by atoms with E-state index in [0.717, 1.165) is 30.3 Å². The topological polar surface area (TPSA) is 94.7 Å². The Morgan fingerprint density at radius 2 is 1.80 bits per heavy atom. The monoisotopic (exact) mass is 548 g/mol. The number of benzene rings is 1. The normalized spacial score (nSPS) is 13.3.